The lowest BCUT2D eigenvalue weighted by Gasteiger charge is -2.12. The van der Waals surface area contributed by atoms with Crippen molar-refractivity contribution in [3.05, 3.63) is 33.2 Å². The minimum Gasteiger partial charge on any atom is -0.382 e. The number of ketones is 1. The molecule has 3 N–H and O–H groups in total. The van der Waals surface area contributed by atoms with Gasteiger partial charge in [0.2, 0.25) is 5.91 Å². The molecular weight excluding hydrogens is 527 g/mol. The van der Waals surface area contributed by atoms with Gasteiger partial charge >= 0.3 is 0 Å². The lowest BCUT2D eigenvalue weighted by Crippen LogP contribution is -2.28. The van der Waals surface area contributed by atoms with E-state index in [9.17, 15) is 9.59 Å². The standard InChI is InChI=1S/C21H23IN6O2S/c1-11(2)7-17(30)24-5-6-28-20-18(19(23)25-10-26-20)27-21(28)31-16-9-13-12(8-14(16)22)3-4-15(13)29/h8-11H,3-7H2,1-2H3,(H,24,30)(H2,23,25,26). The molecule has 1 aromatic carbocycles. The van der Waals surface area contributed by atoms with Gasteiger partial charge in [-0.2, -0.15) is 0 Å². The van der Waals surface area contributed by atoms with E-state index >= 15 is 0 Å². The average Bonchev–Trinajstić information content (AvgIpc) is 3.23. The smallest absolute Gasteiger partial charge is 0.220 e. The van der Waals surface area contributed by atoms with Crippen LogP contribution in [0.4, 0.5) is 5.82 Å². The van der Waals surface area contributed by atoms with Crippen LogP contribution < -0.4 is 11.1 Å². The van der Waals surface area contributed by atoms with Crippen LogP contribution in [0.3, 0.4) is 0 Å². The third-order valence-electron chi connectivity index (χ3n) is 5.06. The van der Waals surface area contributed by atoms with Crippen molar-refractivity contribution in [1.82, 2.24) is 24.8 Å². The van der Waals surface area contributed by atoms with E-state index in [2.05, 4.69) is 48.9 Å². The number of nitrogens with zero attached hydrogens (tertiary/aromatic N) is 4. The topological polar surface area (TPSA) is 116 Å². The Morgan fingerprint density at radius 2 is 2.13 bits per heavy atom. The van der Waals surface area contributed by atoms with Crippen LogP contribution in [0, 0.1) is 9.49 Å². The van der Waals surface area contributed by atoms with Crippen LogP contribution in [-0.2, 0) is 17.8 Å². The molecule has 0 saturated carbocycles. The number of carbonyl (C=O) groups excluding carboxylic acids is 2. The van der Waals surface area contributed by atoms with Crippen molar-refractivity contribution in [2.75, 3.05) is 12.3 Å². The Bertz CT molecular complexity index is 1180. The zero-order chi connectivity index (χ0) is 22.1. The zero-order valence-electron chi connectivity index (χ0n) is 17.3. The summed E-state index contributed by atoms with van der Waals surface area (Å²) in [6, 6.07) is 4.04. The maximum atomic E-state index is 12.2. The Morgan fingerprint density at radius 1 is 1.32 bits per heavy atom. The highest BCUT2D eigenvalue weighted by Gasteiger charge is 2.23. The SMILES string of the molecule is CC(C)CC(=O)NCCn1c(Sc2cc3c(cc2I)CCC3=O)nc2c(N)ncnc21. The van der Waals surface area contributed by atoms with Gasteiger partial charge in [-0.3, -0.25) is 9.59 Å². The highest BCUT2D eigenvalue weighted by Crippen LogP contribution is 2.37. The van der Waals surface area contributed by atoms with Gasteiger partial charge in [0.05, 0.1) is 0 Å². The Balaban J connectivity index is 1.64. The van der Waals surface area contributed by atoms with E-state index in [4.69, 9.17) is 5.73 Å². The van der Waals surface area contributed by atoms with Gasteiger partial charge < -0.3 is 15.6 Å². The van der Waals surface area contributed by atoms with Crippen molar-refractivity contribution in [3.8, 4) is 0 Å². The second-order valence-corrected chi connectivity index (χ2v) is 10.1. The molecule has 0 spiro atoms. The molecule has 1 amide bonds. The summed E-state index contributed by atoms with van der Waals surface area (Å²) in [5, 5.41) is 3.65. The Morgan fingerprint density at radius 3 is 2.90 bits per heavy atom. The summed E-state index contributed by atoms with van der Waals surface area (Å²) >= 11 is 3.76. The fourth-order valence-corrected chi connectivity index (χ4v) is 5.40. The largest absolute Gasteiger partial charge is 0.382 e. The molecule has 10 heteroatoms. The number of benzene rings is 1. The fourth-order valence-electron chi connectivity index (χ4n) is 3.58. The Kier molecular flexibility index (Phi) is 6.47. The monoisotopic (exact) mass is 550 g/mol. The number of hydrogen-bond acceptors (Lipinski definition) is 7. The summed E-state index contributed by atoms with van der Waals surface area (Å²) in [6.07, 6.45) is 3.28. The number of hydrogen-bond donors (Lipinski definition) is 2. The third kappa shape index (κ3) is 4.69. The number of imidazole rings is 1. The quantitative estimate of drug-likeness (QED) is 0.433. The summed E-state index contributed by atoms with van der Waals surface area (Å²) in [7, 11) is 0. The summed E-state index contributed by atoms with van der Waals surface area (Å²) in [5.41, 5.74) is 9.10. The van der Waals surface area contributed by atoms with Crippen molar-refractivity contribution >= 4 is 63.0 Å². The van der Waals surface area contributed by atoms with Crippen LogP contribution in [0.25, 0.3) is 11.2 Å². The summed E-state index contributed by atoms with van der Waals surface area (Å²) in [6.45, 7) is 4.98. The number of fused-ring (bicyclic) bond motifs is 2. The minimum atomic E-state index is 0.0226. The average molecular weight is 550 g/mol. The molecule has 2 aromatic heterocycles. The number of anilines is 1. The second kappa shape index (κ2) is 9.11. The third-order valence-corrected chi connectivity index (χ3v) is 7.37. The van der Waals surface area contributed by atoms with Crippen molar-refractivity contribution in [2.45, 2.75) is 49.7 Å². The minimum absolute atomic E-state index is 0.0226. The summed E-state index contributed by atoms with van der Waals surface area (Å²) < 4.78 is 3.01. The van der Waals surface area contributed by atoms with E-state index in [0.717, 1.165) is 26.0 Å². The first kappa shape index (κ1) is 22.0. The number of aromatic nitrogens is 4. The molecule has 1 aliphatic rings. The number of Topliss-reactive ketones (excluding diaryl/α,β-unsaturated/α-hetero) is 1. The molecule has 162 valence electrons. The first-order valence-corrected chi connectivity index (χ1v) is 12.0. The summed E-state index contributed by atoms with van der Waals surface area (Å²) in [4.78, 5) is 38.3. The van der Waals surface area contributed by atoms with Gasteiger partial charge in [0.1, 0.15) is 6.33 Å². The number of nitrogens with two attached hydrogens (primary N) is 1. The van der Waals surface area contributed by atoms with Gasteiger partial charge in [-0.05, 0) is 52.6 Å². The second-order valence-electron chi connectivity index (χ2n) is 7.89. The number of rotatable bonds is 7. The molecule has 3 aromatic rings. The van der Waals surface area contributed by atoms with E-state index < -0.39 is 0 Å². The van der Waals surface area contributed by atoms with Crippen LogP contribution in [0.2, 0.25) is 0 Å². The van der Waals surface area contributed by atoms with E-state index in [1.165, 1.54) is 18.1 Å². The lowest BCUT2D eigenvalue weighted by molar-refractivity contribution is -0.121. The molecule has 0 atom stereocenters. The molecule has 0 radical (unpaired) electrons. The zero-order valence-corrected chi connectivity index (χ0v) is 20.3. The van der Waals surface area contributed by atoms with Crippen LogP contribution in [-0.4, -0.2) is 37.8 Å². The van der Waals surface area contributed by atoms with Crippen LogP contribution in [0.5, 0.6) is 0 Å². The molecule has 0 bridgehead atoms. The molecule has 0 saturated heterocycles. The van der Waals surface area contributed by atoms with Crippen molar-refractivity contribution in [2.24, 2.45) is 5.92 Å². The maximum absolute atomic E-state index is 12.2. The van der Waals surface area contributed by atoms with Gasteiger partial charge in [0.25, 0.3) is 0 Å². The summed E-state index contributed by atoms with van der Waals surface area (Å²) in [5.74, 6) is 0.824. The van der Waals surface area contributed by atoms with Gasteiger partial charge in [0.15, 0.2) is 27.9 Å². The Labute approximate surface area is 197 Å². The maximum Gasteiger partial charge on any atom is 0.220 e. The van der Waals surface area contributed by atoms with E-state index in [1.807, 2.05) is 24.5 Å². The highest BCUT2D eigenvalue weighted by atomic mass is 127. The molecule has 2 heterocycles. The highest BCUT2D eigenvalue weighted by molar-refractivity contribution is 14.1. The van der Waals surface area contributed by atoms with Gasteiger partial charge in [-0.1, -0.05) is 25.6 Å². The number of aryl methyl sites for hydroxylation is 1. The number of carbonyl (C=O) groups is 2. The lowest BCUT2D eigenvalue weighted by atomic mass is 10.1. The van der Waals surface area contributed by atoms with Crippen molar-refractivity contribution in [3.63, 3.8) is 0 Å². The molecule has 1 aliphatic carbocycles. The van der Waals surface area contributed by atoms with Crippen LogP contribution in [0.15, 0.2) is 28.5 Å². The number of halogens is 1. The molecule has 4 rings (SSSR count). The van der Waals surface area contributed by atoms with Crippen molar-refractivity contribution in [1.29, 1.82) is 0 Å². The van der Waals surface area contributed by atoms with Crippen LogP contribution in [0.1, 0.15) is 42.6 Å². The van der Waals surface area contributed by atoms with E-state index in [1.54, 1.807) is 0 Å². The molecule has 31 heavy (non-hydrogen) atoms. The predicted octanol–water partition coefficient (Wildman–Crippen LogP) is 3.46. The normalized spacial score (nSPS) is 13.2. The molecule has 8 nitrogen and oxygen atoms in total. The Hall–Kier alpha value is -2.21. The fraction of sp³-hybridized carbons (Fsp3) is 0.381. The van der Waals surface area contributed by atoms with Crippen molar-refractivity contribution < 1.29 is 9.59 Å². The van der Waals surface area contributed by atoms with E-state index in [0.29, 0.717) is 54.0 Å². The first-order valence-electron chi connectivity index (χ1n) is 10.1. The van der Waals surface area contributed by atoms with Crippen LogP contribution >= 0.6 is 34.4 Å². The molecule has 0 aliphatic heterocycles. The van der Waals surface area contributed by atoms with Gasteiger partial charge in [0, 0.05) is 40.0 Å². The van der Waals surface area contributed by atoms with E-state index in [-0.39, 0.29) is 11.7 Å². The first-order chi connectivity index (χ1) is 14.8. The molecule has 0 unspecified atom stereocenters. The molecule has 0 fully saturated rings. The number of amides is 1. The predicted molar refractivity (Wildman–Crippen MR) is 128 cm³/mol. The van der Waals surface area contributed by atoms with Gasteiger partial charge in [-0.15, -0.1) is 0 Å². The number of nitrogen functional groups attached to an aromatic ring is 1. The molecular formula is C21H23IN6O2S. The van der Waals surface area contributed by atoms with Gasteiger partial charge in [-0.25, -0.2) is 15.0 Å². The number of nitrogens with one attached hydrogen (secondary N) is 1.